The van der Waals surface area contributed by atoms with Crippen molar-refractivity contribution < 1.29 is 19.1 Å². The highest BCUT2D eigenvalue weighted by molar-refractivity contribution is 6.35. The van der Waals surface area contributed by atoms with Crippen LogP contribution in [0, 0.1) is 0 Å². The van der Waals surface area contributed by atoms with Gasteiger partial charge in [0.1, 0.15) is 12.6 Å². The van der Waals surface area contributed by atoms with Crippen LogP contribution < -0.4 is 5.32 Å². The van der Waals surface area contributed by atoms with Gasteiger partial charge in [0.25, 0.3) is 0 Å². The molecular formula is C27H24Cl2N2O4. The van der Waals surface area contributed by atoms with E-state index in [2.05, 4.69) is 10.3 Å². The molecule has 1 amide bonds. The first kappa shape index (κ1) is 24.6. The maximum atomic E-state index is 13.0. The zero-order valence-electron chi connectivity index (χ0n) is 18.8. The minimum absolute atomic E-state index is 0.0893. The molecule has 3 aromatic carbocycles. The fourth-order valence-corrected chi connectivity index (χ4v) is 4.21. The quantitative estimate of drug-likeness (QED) is 0.266. The number of hydrogen-bond acceptors (Lipinski definition) is 4. The van der Waals surface area contributed by atoms with Crippen molar-refractivity contribution in [3.8, 4) is 0 Å². The molecule has 4 rings (SSSR count). The lowest BCUT2D eigenvalue weighted by atomic mass is 10.1. The second kappa shape index (κ2) is 11.8. The van der Waals surface area contributed by atoms with Gasteiger partial charge in [0.05, 0.1) is 6.61 Å². The second-order valence-electron chi connectivity index (χ2n) is 7.98. The molecule has 0 spiro atoms. The second-order valence-corrected chi connectivity index (χ2v) is 8.82. The van der Waals surface area contributed by atoms with E-state index in [1.165, 1.54) is 0 Å². The fraction of sp³-hybridized carbons (Fsp3) is 0.185. The Hall–Kier alpha value is -3.48. The number of fused-ring (bicyclic) bond motifs is 1. The van der Waals surface area contributed by atoms with Crippen LogP contribution in [0.1, 0.15) is 16.7 Å². The lowest BCUT2D eigenvalue weighted by Gasteiger charge is -2.18. The first-order valence-corrected chi connectivity index (χ1v) is 11.9. The van der Waals surface area contributed by atoms with E-state index < -0.39 is 18.1 Å². The SMILES string of the molecule is O=C(NC(Cc1c[nH]c2ccccc12)C(=O)OCc1ccccc1)OCCc1ccc(Cl)cc1Cl. The molecule has 0 aliphatic heterocycles. The van der Waals surface area contributed by atoms with Crippen molar-refractivity contribution in [2.24, 2.45) is 0 Å². The van der Waals surface area contributed by atoms with Crippen molar-refractivity contribution in [2.45, 2.75) is 25.5 Å². The lowest BCUT2D eigenvalue weighted by Crippen LogP contribution is -2.43. The summed E-state index contributed by atoms with van der Waals surface area (Å²) in [6.07, 6.45) is 1.78. The first-order valence-electron chi connectivity index (χ1n) is 11.1. The van der Waals surface area contributed by atoms with Crippen molar-refractivity contribution >= 4 is 46.2 Å². The molecule has 180 valence electrons. The number of halogens is 2. The number of hydrogen-bond donors (Lipinski definition) is 2. The van der Waals surface area contributed by atoms with Crippen LogP contribution in [-0.2, 0) is 33.7 Å². The molecule has 0 fully saturated rings. The standard InChI is InChI=1S/C27H24Cl2N2O4/c28-21-11-10-19(23(29)15-21)12-13-34-27(33)31-25(26(32)35-17-18-6-2-1-3-7-18)14-20-16-30-24-9-5-4-8-22(20)24/h1-11,15-16,25,30H,12-14,17H2,(H,31,33). The topological polar surface area (TPSA) is 80.4 Å². The summed E-state index contributed by atoms with van der Waals surface area (Å²) in [5, 5.41) is 4.67. The maximum Gasteiger partial charge on any atom is 0.407 e. The third-order valence-electron chi connectivity index (χ3n) is 5.52. The Bertz CT molecular complexity index is 1310. The zero-order chi connectivity index (χ0) is 24.6. The predicted molar refractivity (Wildman–Crippen MR) is 137 cm³/mol. The van der Waals surface area contributed by atoms with E-state index in [9.17, 15) is 9.59 Å². The van der Waals surface area contributed by atoms with Gasteiger partial charge in [0.15, 0.2) is 0 Å². The Morgan fingerprint density at radius 2 is 1.69 bits per heavy atom. The smallest absolute Gasteiger partial charge is 0.407 e. The van der Waals surface area contributed by atoms with E-state index in [1.807, 2.05) is 60.8 Å². The summed E-state index contributed by atoms with van der Waals surface area (Å²) in [7, 11) is 0. The average Bonchev–Trinajstić information content (AvgIpc) is 3.27. The van der Waals surface area contributed by atoms with Gasteiger partial charge in [-0.3, -0.25) is 0 Å². The Labute approximate surface area is 213 Å². The number of esters is 1. The van der Waals surface area contributed by atoms with E-state index >= 15 is 0 Å². The molecule has 1 heterocycles. The number of benzene rings is 3. The van der Waals surface area contributed by atoms with Gasteiger partial charge in [-0.25, -0.2) is 9.59 Å². The molecule has 0 saturated heterocycles. The van der Waals surface area contributed by atoms with E-state index in [-0.39, 0.29) is 19.6 Å². The molecule has 0 aliphatic carbocycles. The normalized spacial score (nSPS) is 11.7. The number of aromatic amines is 1. The molecule has 4 aromatic rings. The van der Waals surface area contributed by atoms with Crippen LogP contribution in [0.25, 0.3) is 10.9 Å². The monoisotopic (exact) mass is 510 g/mol. The number of aromatic nitrogens is 1. The average molecular weight is 511 g/mol. The molecule has 1 atom stereocenters. The van der Waals surface area contributed by atoms with Crippen LogP contribution in [0.5, 0.6) is 0 Å². The van der Waals surface area contributed by atoms with Crippen LogP contribution in [0.15, 0.2) is 79.0 Å². The Morgan fingerprint density at radius 3 is 2.49 bits per heavy atom. The number of para-hydroxylation sites is 1. The summed E-state index contributed by atoms with van der Waals surface area (Å²) in [5.74, 6) is -0.545. The summed E-state index contributed by atoms with van der Waals surface area (Å²) in [5.41, 5.74) is 3.49. The van der Waals surface area contributed by atoms with Crippen LogP contribution in [0.4, 0.5) is 4.79 Å². The number of rotatable bonds is 9. The maximum absolute atomic E-state index is 13.0. The molecular weight excluding hydrogens is 487 g/mol. The van der Waals surface area contributed by atoms with Gasteiger partial charge in [0.2, 0.25) is 0 Å². The largest absolute Gasteiger partial charge is 0.459 e. The van der Waals surface area contributed by atoms with Crippen molar-refractivity contribution in [2.75, 3.05) is 6.61 Å². The van der Waals surface area contributed by atoms with E-state index in [1.54, 1.807) is 18.2 Å². The minimum atomic E-state index is -0.926. The lowest BCUT2D eigenvalue weighted by molar-refractivity contribution is -0.147. The summed E-state index contributed by atoms with van der Waals surface area (Å²) in [6, 6.07) is 21.3. The number of ether oxygens (including phenoxy) is 2. The summed E-state index contributed by atoms with van der Waals surface area (Å²) in [6.45, 7) is 0.196. The molecule has 0 radical (unpaired) electrons. The number of amides is 1. The molecule has 0 saturated carbocycles. The highest BCUT2D eigenvalue weighted by Gasteiger charge is 2.25. The molecule has 6 nitrogen and oxygen atoms in total. The molecule has 0 bridgehead atoms. The summed E-state index contributed by atoms with van der Waals surface area (Å²) < 4.78 is 10.8. The van der Waals surface area contributed by atoms with E-state index in [0.29, 0.717) is 16.5 Å². The Kier molecular flexibility index (Phi) is 8.29. The van der Waals surface area contributed by atoms with Crippen molar-refractivity contribution in [1.82, 2.24) is 10.3 Å². The van der Waals surface area contributed by atoms with Gasteiger partial charge in [-0.2, -0.15) is 0 Å². The number of nitrogens with one attached hydrogen (secondary N) is 2. The zero-order valence-corrected chi connectivity index (χ0v) is 20.3. The third-order valence-corrected chi connectivity index (χ3v) is 6.11. The van der Waals surface area contributed by atoms with Gasteiger partial charge < -0.3 is 19.8 Å². The number of alkyl carbamates (subject to hydrolysis) is 1. The van der Waals surface area contributed by atoms with Crippen LogP contribution >= 0.6 is 23.2 Å². The van der Waals surface area contributed by atoms with Crippen LogP contribution in [0.2, 0.25) is 10.0 Å². The number of H-pyrrole nitrogens is 1. The molecule has 35 heavy (non-hydrogen) atoms. The minimum Gasteiger partial charge on any atom is -0.459 e. The first-order chi connectivity index (χ1) is 17.0. The number of carbonyl (C=O) groups excluding carboxylic acids is 2. The molecule has 1 unspecified atom stereocenters. The molecule has 0 aliphatic rings. The summed E-state index contributed by atoms with van der Waals surface area (Å²) >= 11 is 12.1. The summed E-state index contributed by atoms with van der Waals surface area (Å²) in [4.78, 5) is 28.7. The van der Waals surface area contributed by atoms with Crippen LogP contribution in [0.3, 0.4) is 0 Å². The van der Waals surface area contributed by atoms with E-state index in [4.69, 9.17) is 32.7 Å². The van der Waals surface area contributed by atoms with Crippen molar-refractivity contribution in [1.29, 1.82) is 0 Å². The Morgan fingerprint density at radius 1 is 0.914 bits per heavy atom. The molecule has 2 N–H and O–H groups in total. The van der Waals surface area contributed by atoms with Gasteiger partial charge >= 0.3 is 12.1 Å². The fourth-order valence-electron chi connectivity index (χ4n) is 3.71. The highest BCUT2D eigenvalue weighted by Crippen LogP contribution is 2.22. The van der Waals surface area contributed by atoms with Gasteiger partial charge in [0, 0.05) is 40.0 Å². The molecule has 1 aromatic heterocycles. The molecule has 8 heteroatoms. The highest BCUT2D eigenvalue weighted by atomic mass is 35.5. The van der Waals surface area contributed by atoms with Crippen molar-refractivity contribution in [3.63, 3.8) is 0 Å². The van der Waals surface area contributed by atoms with Gasteiger partial charge in [-0.1, -0.05) is 77.8 Å². The third kappa shape index (κ3) is 6.78. The van der Waals surface area contributed by atoms with Crippen molar-refractivity contribution in [3.05, 3.63) is 106 Å². The predicted octanol–water partition coefficient (Wildman–Crippen LogP) is 6.10. The van der Waals surface area contributed by atoms with Gasteiger partial charge in [-0.05, 0) is 34.9 Å². The van der Waals surface area contributed by atoms with Gasteiger partial charge in [-0.15, -0.1) is 0 Å². The number of carbonyl (C=O) groups is 2. The van der Waals surface area contributed by atoms with E-state index in [0.717, 1.165) is 27.6 Å². The van der Waals surface area contributed by atoms with Crippen LogP contribution in [-0.4, -0.2) is 29.7 Å². The Balaban J connectivity index is 1.40.